The molecule has 27 heavy (non-hydrogen) atoms. The van der Waals surface area contributed by atoms with E-state index in [-0.39, 0.29) is 11.6 Å². The van der Waals surface area contributed by atoms with Crippen molar-refractivity contribution in [3.05, 3.63) is 52.8 Å². The first-order valence-corrected chi connectivity index (χ1v) is 9.19. The molecule has 0 aliphatic heterocycles. The molecule has 0 saturated heterocycles. The molecule has 0 unspecified atom stereocenters. The van der Waals surface area contributed by atoms with Crippen molar-refractivity contribution in [3.63, 3.8) is 0 Å². The zero-order valence-corrected chi connectivity index (χ0v) is 15.5. The van der Waals surface area contributed by atoms with E-state index in [0.717, 1.165) is 36.4 Å². The zero-order chi connectivity index (χ0) is 19.6. The number of aromatic nitrogens is 1. The van der Waals surface area contributed by atoms with Crippen LogP contribution in [0.25, 0.3) is 0 Å². The minimum atomic E-state index is -4.42. The Morgan fingerprint density at radius 3 is 2.48 bits per heavy atom. The predicted octanol–water partition coefficient (Wildman–Crippen LogP) is 5.39. The zero-order valence-electron chi connectivity index (χ0n) is 15.5. The predicted molar refractivity (Wildman–Crippen MR) is 98.6 cm³/mol. The molecule has 1 aromatic heterocycles. The highest BCUT2D eigenvalue weighted by molar-refractivity contribution is 5.96. The number of hydrazine groups is 1. The van der Waals surface area contributed by atoms with Gasteiger partial charge in [0.2, 0.25) is 0 Å². The molecule has 146 valence electrons. The summed E-state index contributed by atoms with van der Waals surface area (Å²) in [7, 11) is 0. The lowest BCUT2D eigenvalue weighted by molar-refractivity contribution is -0.137. The Bertz CT molecular complexity index is 820. The fourth-order valence-electron chi connectivity index (χ4n) is 3.88. The number of hydrogen-bond acceptors (Lipinski definition) is 2. The lowest BCUT2D eigenvalue weighted by Gasteiger charge is -2.26. The first-order valence-electron chi connectivity index (χ1n) is 9.19. The van der Waals surface area contributed by atoms with Crippen molar-refractivity contribution < 1.29 is 18.0 Å². The maximum atomic E-state index is 12.8. The Labute approximate surface area is 156 Å². The number of benzene rings is 1. The van der Waals surface area contributed by atoms with Crippen LogP contribution in [0.15, 0.2) is 30.3 Å². The number of carbonyl (C=O) groups is 1. The minimum Gasteiger partial charge on any atom is -0.345 e. The number of anilines is 1. The fourth-order valence-corrected chi connectivity index (χ4v) is 3.88. The average molecular weight is 379 g/mol. The highest BCUT2D eigenvalue weighted by atomic mass is 19.4. The molecule has 0 bridgehead atoms. The van der Waals surface area contributed by atoms with Crippen molar-refractivity contribution in [1.29, 1.82) is 0 Å². The van der Waals surface area contributed by atoms with E-state index in [1.54, 1.807) is 0 Å². The number of rotatable bonds is 4. The van der Waals surface area contributed by atoms with Crippen LogP contribution in [0.1, 0.15) is 65.5 Å². The van der Waals surface area contributed by atoms with Gasteiger partial charge < -0.3 is 4.57 Å². The third kappa shape index (κ3) is 4.28. The van der Waals surface area contributed by atoms with E-state index in [1.807, 2.05) is 19.9 Å². The van der Waals surface area contributed by atoms with Crippen molar-refractivity contribution in [1.82, 2.24) is 9.99 Å². The highest BCUT2D eigenvalue weighted by Crippen LogP contribution is 2.32. The lowest BCUT2D eigenvalue weighted by atomic mass is 9.95. The van der Waals surface area contributed by atoms with Crippen molar-refractivity contribution in [2.75, 3.05) is 5.43 Å². The molecule has 2 N–H and O–H groups in total. The molecule has 1 aliphatic rings. The number of nitrogens with one attached hydrogen (secondary N) is 2. The van der Waals surface area contributed by atoms with Crippen LogP contribution in [0, 0.1) is 13.8 Å². The van der Waals surface area contributed by atoms with Gasteiger partial charge in [0.25, 0.3) is 5.91 Å². The van der Waals surface area contributed by atoms with Crippen LogP contribution in [-0.4, -0.2) is 10.5 Å². The normalized spacial score (nSPS) is 15.6. The first kappa shape index (κ1) is 19.3. The molecular weight excluding hydrogens is 355 g/mol. The summed E-state index contributed by atoms with van der Waals surface area (Å²) in [5.41, 5.74) is 6.97. The lowest BCUT2D eigenvalue weighted by Crippen LogP contribution is -2.30. The second-order valence-electron chi connectivity index (χ2n) is 7.10. The van der Waals surface area contributed by atoms with E-state index in [9.17, 15) is 18.0 Å². The van der Waals surface area contributed by atoms with Crippen molar-refractivity contribution in [3.8, 4) is 0 Å². The SMILES string of the molecule is Cc1cc(C(=O)NNc2cccc(C(F)(F)F)c2)c(C)n1C1CCCCC1. The molecule has 1 heterocycles. The number of hydrogen-bond donors (Lipinski definition) is 2. The van der Waals surface area contributed by atoms with Crippen LogP contribution >= 0.6 is 0 Å². The Balaban J connectivity index is 1.72. The Morgan fingerprint density at radius 1 is 1.11 bits per heavy atom. The van der Waals surface area contributed by atoms with Crippen LogP contribution in [-0.2, 0) is 6.18 Å². The van der Waals surface area contributed by atoms with Gasteiger partial charge in [0, 0.05) is 17.4 Å². The second kappa shape index (κ2) is 7.66. The molecule has 1 aromatic carbocycles. The molecule has 0 atom stereocenters. The summed E-state index contributed by atoms with van der Waals surface area (Å²) < 4.78 is 40.6. The Kier molecular flexibility index (Phi) is 5.48. The fraction of sp³-hybridized carbons (Fsp3) is 0.450. The summed E-state index contributed by atoms with van der Waals surface area (Å²) in [5, 5.41) is 0. The summed E-state index contributed by atoms with van der Waals surface area (Å²) in [4.78, 5) is 12.6. The van der Waals surface area contributed by atoms with E-state index in [4.69, 9.17) is 0 Å². The number of halogens is 3. The van der Waals surface area contributed by atoms with Crippen LogP contribution in [0.5, 0.6) is 0 Å². The van der Waals surface area contributed by atoms with Gasteiger partial charge in [-0.25, -0.2) is 0 Å². The molecule has 7 heteroatoms. The molecule has 4 nitrogen and oxygen atoms in total. The second-order valence-corrected chi connectivity index (χ2v) is 7.10. The molecule has 2 aromatic rings. The number of carbonyl (C=O) groups excluding carboxylic acids is 1. The summed E-state index contributed by atoms with van der Waals surface area (Å²) in [6.07, 6.45) is 1.44. The van der Waals surface area contributed by atoms with Crippen molar-refractivity contribution >= 4 is 11.6 Å². The van der Waals surface area contributed by atoms with Crippen LogP contribution < -0.4 is 10.9 Å². The molecule has 1 saturated carbocycles. The Morgan fingerprint density at radius 2 is 1.81 bits per heavy atom. The summed E-state index contributed by atoms with van der Waals surface area (Å²) >= 11 is 0. The number of aryl methyl sites for hydroxylation is 1. The largest absolute Gasteiger partial charge is 0.416 e. The molecule has 1 amide bonds. The quantitative estimate of drug-likeness (QED) is 0.700. The van der Waals surface area contributed by atoms with Gasteiger partial charge in [-0.15, -0.1) is 0 Å². The van der Waals surface area contributed by atoms with Crippen LogP contribution in [0.2, 0.25) is 0 Å². The Hall–Kier alpha value is -2.44. The number of amides is 1. The van der Waals surface area contributed by atoms with E-state index >= 15 is 0 Å². The third-order valence-electron chi connectivity index (χ3n) is 5.18. The molecule has 3 rings (SSSR count). The topological polar surface area (TPSA) is 46.1 Å². The van der Waals surface area contributed by atoms with Crippen LogP contribution in [0.4, 0.5) is 18.9 Å². The minimum absolute atomic E-state index is 0.180. The van der Waals surface area contributed by atoms with E-state index < -0.39 is 11.7 Å². The number of alkyl halides is 3. The highest BCUT2D eigenvalue weighted by Gasteiger charge is 2.30. The third-order valence-corrected chi connectivity index (χ3v) is 5.18. The van der Waals surface area contributed by atoms with Gasteiger partial charge in [-0.2, -0.15) is 13.2 Å². The van der Waals surface area contributed by atoms with Gasteiger partial charge >= 0.3 is 6.18 Å². The van der Waals surface area contributed by atoms with Gasteiger partial charge in [0.05, 0.1) is 16.8 Å². The summed E-state index contributed by atoms with van der Waals surface area (Å²) in [5.74, 6) is -0.359. The first-order chi connectivity index (χ1) is 12.8. The average Bonchev–Trinajstić information content (AvgIpc) is 2.94. The van der Waals surface area contributed by atoms with Crippen molar-refractivity contribution in [2.45, 2.75) is 58.2 Å². The van der Waals surface area contributed by atoms with Gasteiger partial charge in [-0.3, -0.25) is 15.6 Å². The maximum Gasteiger partial charge on any atom is 0.416 e. The standard InChI is InChI=1S/C20H24F3N3O/c1-13-11-18(14(2)26(13)17-9-4-3-5-10-17)19(27)25-24-16-8-6-7-15(12-16)20(21,22)23/h6-8,11-12,17,24H,3-5,9-10H2,1-2H3,(H,25,27). The van der Waals surface area contributed by atoms with Gasteiger partial charge in [-0.05, 0) is 51.0 Å². The monoisotopic (exact) mass is 379 g/mol. The summed E-state index contributed by atoms with van der Waals surface area (Å²) in [6, 6.07) is 6.98. The molecule has 1 aliphatic carbocycles. The molecular formula is C20H24F3N3O. The molecule has 1 fully saturated rings. The van der Waals surface area contributed by atoms with E-state index in [1.165, 1.54) is 31.4 Å². The smallest absolute Gasteiger partial charge is 0.345 e. The van der Waals surface area contributed by atoms with Gasteiger partial charge in [0.1, 0.15) is 0 Å². The van der Waals surface area contributed by atoms with Gasteiger partial charge in [0.15, 0.2) is 0 Å². The maximum absolute atomic E-state index is 12.8. The van der Waals surface area contributed by atoms with Crippen molar-refractivity contribution in [2.24, 2.45) is 0 Å². The van der Waals surface area contributed by atoms with E-state index in [2.05, 4.69) is 15.4 Å². The number of nitrogens with zero attached hydrogens (tertiary/aromatic N) is 1. The molecule has 0 spiro atoms. The molecule has 0 radical (unpaired) electrons. The van der Waals surface area contributed by atoms with E-state index in [0.29, 0.717) is 11.6 Å². The van der Waals surface area contributed by atoms with Gasteiger partial charge in [-0.1, -0.05) is 25.3 Å². The summed E-state index contributed by atoms with van der Waals surface area (Å²) in [6.45, 7) is 3.90. The van der Waals surface area contributed by atoms with Crippen LogP contribution in [0.3, 0.4) is 0 Å².